The summed E-state index contributed by atoms with van der Waals surface area (Å²) in [6, 6.07) is 12.0. The van der Waals surface area contributed by atoms with Gasteiger partial charge in [0.25, 0.3) is 5.91 Å². The zero-order valence-corrected chi connectivity index (χ0v) is 12.5. The number of benzene rings is 1. The number of hydrogen-bond donors (Lipinski definition) is 1. The lowest BCUT2D eigenvalue weighted by Gasteiger charge is -2.09. The van der Waals surface area contributed by atoms with Crippen LogP contribution in [0.3, 0.4) is 0 Å². The molecule has 0 atom stereocenters. The van der Waals surface area contributed by atoms with Crippen molar-refractivity contribution in [1.82, 2.24) is 4.98 Å². The molecule has 1 amide bonds. The second-order valence-corrected chi connectivity index (χ2v) is 5.29. The second-order valence-electron chi connectivity index (χ2n) is 4.90. The molecule has 0 spiro atoms. The highest BCUT2D eigenvalue weighted by Crippen LogP contribution is 2.19. The van der Waals surface area contributed by atoms with Gasteiger partial charge in [-0.25, -0.2) is 4.98 Å². The van der Waals surface area contributed by atoms with Crippen LogP contribution in [-0.4, -0.2) is 10.9 Å². The molecule has 1 aromatic carbocycles. The van der Waals surface area contributed by atoms with Crippen molar-refractivity contribution in [2.24, 2.45) is 0 Å². The van der Waals surface area contributed by atoms with Crippen molar-refractivity contribution in [3.05, 3.63) is 58.4 Å². The molecule has 0 aliphatic heterocycles. The summed E-state index contributed by atoms with van der Waals surface area (Å²) in [5, 5.41) is 11.8. The molecule has 21 heavy (non-hydrogen) atoms. The maximum atomic E-state index is 12.2. The van der Waals surface area contributed by atoms with Crippen molar-refractivity contribution < 1.29 is 4.79 Å². The first-order valence-electron chi connectivity index (χ1n) is 6.48. The number of pyridine rings is 1. The van der Waals surface area contributed by atoms with Gasteiger partial charge in [-0.15, -0.1) is 0 Å². The number of hydrogen-bond acceptors (Lipinski definition) is 3. The highest BCUT2D eigenvalue weighted by molar-refractivity contribution is 6.29. The fourth-order valence-electron chi connectivity index (χ4n) is 1.78. The molecule has 5 heteroatoms. The van der Waals surface area contributed by atoms with Crippen molar-refractivity contribution in [1.29, 1.82) is 5.26 Å². The highest BCUT2D eigenvalue weighted by atomic mass is 35.5. The average molecular weight is 300 g/mol. The van der Waals surface area contributed by atoms with Crippen LogP contribution >= 0.6 is 11.6 Å². The van der Waals surface area contributed by atoms with Gasteiger partial charge in [0.1, 0.15) is 5.15 Å². The smallest absolute Gasteiger partial charge is 0.255 e. The van der Waals surface area contributed by atoms with Crippen LogP contribution in [0.1, 0.15) is 41.4 Å². The normalized spacial score (nSPS) is 10.2. The quantitative estimate of drug-likeness (QED) is 0.872. The summed E-state index contributed by atoms with van der Waals surface area (Å²) in [7, 11) is 0. The monoisotopic (exact) mass is 299 g/mol. The van der Waals surface area contributed by atoms with E-state index in [0.717, 1.165) is 5.69 Å². The van der Waals surface area contributed by atoms with E-state index in [9.17, 15) is 4.79 Å². The molecule has 0 saturated heterocycles. The Morgan fingerprint density at radius 3 is 2.52 bits per heavy atom. The van der Waals surface area contributed by atoms with E-state index in [-0.39, 0.29) is 11.8 Å². The lowest BCUT2D eigenvalue weighted by Crippen LogP contribution is -2.13. The average Bonchev–Trinajstić information content (AvgIpc) is 2.47. The fraction of sp³-hybridized carbons (Fsp3) is 0.188. The van der Waals surface area contributed by atoms with Crippen LogP contribution in [-0.2, 0) is 0 Å². The Hall–Kier alpha value is -2.38. The standard InChI is InChI=1S/C16H14ClN3O/c1-10(2)14-7-12(8-15(17)20-14)16(21)19-13-5-3-11(9-18)4-6-13/h3-8,10H,1-2H3,(H,19,21). The van der Waals surface area contributed by atoms with E-state index in [4.69, 9.17) is 16.9 Å². The molecular formula is C16H14ClN3O. The third-order valence-electron chi connectivity index (χ3n) is 2.94. The largest absolute Gasteiger partial charge is 0.322 e. The lowest BCUT2D eigenvalue weighted by molar-refractivity contribution is 0.102. The summed E-state index contributed by atoms with van der Waals surface area (Å²) in [5.41, 5.74) is 2.40. The summed E-state index contributed by atoms with van der Waals surface area (Å²) < 4.78 is 0. The number of halogens is 1. The third-order valence-corrected chi connectivity index (χ3v) is 3.13. The van der Waals surface area contributed by atoms with Crippen LogP contribution < -0.4 is 5.32 Å². The molecule has 2 aromatic rings. The molecule has 0 aliphatic carbocycles. The molecule has 0 unspecified atom stereocenters. The first-order chi connectivity index (χ1) is 9.99. The molecule has 2 rings (SSSR count). The Bertz CT molecular complexity index is 702. The van der Waals surface area contributed by atoms with Gasteiger partial charge in [-0.1, -0.05) is 25.4 Å². The van der Waals surface area contributed by atoms with E-state index in [0.29, 0.717) is 22.0 Å². The van der Waals surface area contributed by atoms with E-state index in [1.165, 1.54) is 6.07 Å². The Labute approximate surface area is 128 Å². The first-order valence-corrected chi connectivity index (χ1v) is 6.86. The van der Waals surface area contributed by atoms with Crippen LogP contribution in [0.15, 0.2) is 36.4 Å². The summed E-state index contributed by atoms with van der Waals surface area (Å²) in [4.78, 5) is 16.4. The van der Waals surface area contributed by atoms with Gasteiger partial charge in [-0.2, -0.15) is 5.26 Å². The van der Waals surface area contributed by atoms with E-state index in [2.05, 4.69) is 10.3 Å². The van der Waals surface area contributed by atoms with Crippen LogP contribution in [0.4, 0.5) is 5.69 Å². The number of nitrogens with one attached hydrogen (secondary N) is 1. The van der Waals surface area contributed by atoms with E-state index in [1.54, 1.807) is 30.3 Å². The molecule has 1 N–H and O–H groups in total. The van der Waals surface area contributed by atoms with Crippen molar-refractivity contribution in [3.8, 4) is 6.07 Å². The van der Waals surface area contributed by atoms with E-state index >= 15 is 0 Å². The van der Waals surface area contributed by atoms with Gasteiger partial charge in [0.2, 0.25) is 0 Å². The van der Waals surface area contributed by atoms with E-state index < -0.39 is 0 Å². The summed E-state index contributed by atoms with van der Waals surface area (Å²) in [5.74, 6) is -0.0731. The first kappa shape index (κ1) is 15.0. The second kappa shape index (κ2) is 6.38. The zero-order chi connectivity index (χ0) is 15.4. The van der Waals surface area contributed by atoms with Gasteiger partial charge < -0.3 is 5.32 Å². The van der Waals surface area contributed by atoms with Crippen LogP contribution in [0.25, 0.3) is 0 Å². The van der Waals surface area contributed by atoms with Gasteiger partial charge in [0.15, 0.2) is 0 Å². The number of carbonyl (C=O) groups excluding carboxylic acids is 1. The van der Waals surface area contributed by atoms with Crippen molar-refractivity contribution >= 4 is 23.2 Å². The minimum absolute atomic E-state index is 0.185. The van der Waals surface area contributed by atoms with Gasteiger partial charge in [-0.3, -0.25) is 4.79 Å². The van der Waals surface area contributed by atoms with Crippen LogP contribution in [0.5, 0.6) is 0 Å². The molecule has 1 aromatic heterocycles. The maximum Gasteiger partial charge on any atom is 0.255 e. The molecule has 4 nitrogen and oxygen atoms in total. The number of amides is 1. The Morgan fingerprint density at radius 2 is 1.95 bits per heavy atom. The Balaban J connectivity index is 2.21. The summed E-state index contributed by atoms with van der Waals surface area (Å²) in [6.07, 6.45) is 0. The number of rotatable bonds is 3. The highest BCUT2D eigenvalue weighted by Gasteiger charge is 2.11. The van der Waals surface area contributed by atoms with Gasteiger partial charge >= 0.3 is 0 Å². The van der Waals surface area contributed by atoms with Gasteiger partial charge in [0.05, 0.1) is 11.6 Å². The molecule has 106 valence electrons. The van der Waals surface area contributed by atoms with Gasteiger partial charge in [0, 0.05) is 16.9 Å². The number of carbonyl (C=O) groups is 1. The number of anilines is 1. The number of nitrogens with zero attached hydrogens (tertiary/aromatic N) is 2. The van der Waals surface area contributed by atoms with Crippen molar-refractivity contribution in [2.75, 3.05) is 5.32 Å². The molecule has 1 heterocycles. The van der Waals surface area contributed by atoms with E-state index in [1.807, 2.05) is 19.9 Å². The van der Waals surface area contributed by atoms with Crippen LogP contribution in [0, 0.1) is 11.3 Å². The topological polar surface area (TPSA) is 65.8 Å². The number of aromatic nitrogens is 1. The minimum atomic E-state index is -0.258. The van der Waals surface area contributed by atoms with Gasteiger partial charge in [-0.05, 0) is 42.3 Å². The Kier molecular flexibility index (Phi) is 4.56. The number of nitriles is 1. The molecule has 0 aliphatic rings. The summed E-state index contributed by atoms with van der Waals surface area (Å²) in [6.45, 7) is 3.97. The molecule has 0 saturated carbocycles. The minimum Gasteiger partial charge on any atom is -0.322 e. The van der Waals surface area contributed by atoms with Crippen LogP contribution in [0.2, 0.25) is 5.15 Å². The SMILES string of the molecule is CC(C)c1cc(C(=O)Nc2ccc(C#N)cc2)cc(Cl)n1. The Morgan fingerprint density at radius 1 is 1.29 bits per heavy atom. The van der Waals surface area contributed by atoms with Crippen molar-refractivity contribution in [2.45, 2.75) is 19.8 Å². The molecule has 0 radical (unpaired) electrons. The third kappa shape index (κ3) is 3.80. The maximum absolute atomic E-state index is 12.2. The summed E-state index contributed by atoms with van der Waals surface area (Å²) >= 11 is 5.95. The lowest BCUT2D eigenvalue weighted by atomic mass is 10.1. The fourth-order valence-corrected chi connectivity index (χ4v) is 1.99. The molecular weight excluding hydrogens is 286 g/mol. The molecule has 0 fully saturated rings. The molecule has 0 bridgehead atoms. The predicted octanol–water partition coefficient (Wildman–Crippen LogP) is 3.98. The zero-order valence-electron chi connectivity index (χ0n) is 11.7. The predicted molar refractivity (Wildman–Crippen MR) is 82.4 cm³/mol. The van der Waals surface area contributed by atoms with Crippen molar-refractivity contribution in [3.63, 3.8) is 0 Å².